The van der Waals surface area contributed by atoms with Crippen molar-refractivity contribution in [2.45, 2.75) is 0 Å². The standard InChI is InChI=1S/C26H24P2.2C8H5.2C6F5.Pd.Pt/c1-5-13-23(14-6-1)27(24-15-7-2-8-16-24)21-22-28(25-17-9-3-10-18-25)26-19-11-4-12-20-26;2*1-2-8-6-4-3-5-7-8;2*7-2-1-3(8)5(10)6(11)4(2)9;;/h1-20H,21-22H2;2*3-7H;;;;/q;4*-1;2*+2. The Morgan fingerprint density at radius 2 is 0.515 bits per heavy atom. The molecule has 0 radical (unpaired) electrons. The van der Waals surface area contributed by atoms with Gasteiger partial charge < -0.3 is 12.8 Å². The third kappa shape index (κ3) is 18.5. The van der Waals surface area contributed by atoms with Gasteiger partial charge in [0.15, 0.2) is 0 Å². The second-order valence-corrected chi connectivity index (χ2v) is 17.7. The van der Waals surface area contributed by atoms with E-state index in [4.69, 9.17) is 12.8 Å². The zero-order valence-corrected chi connectivity index (χ0v) is 40.7. The Hall–Kier alpha value is -5.61. The first-order valence-corrected chi connectivity index (χ1v) is 22.4. The van der Waals surface area contributed by atoms with Crippen molar-refractivity contribution in [3.63, 3.8) is 0 Å². The van der Waals surface area contributed by atoms with E-state index in [1.807, 2.05) is 60.7 Å². The second kappa shape index (κ2) is 31.4. The minimum absolute atomic E-state index is 0. The zero-order valence-electron chi connectivity index (χ0n) is 35.0. The first kappa shape index (κ1) is 58.5. The van der Waals surface area contributed by atoms with Crippen LogP contribution in [0.25, 0.3) is 0 Å². The van der Waals surface area contributed by atoms with Crippen molar-refractivity contribution >= 4 is 37.1 Å². The molecule has 0 saturated heterocycles. The molecule has 14 heteroatoms. The van der Waals surface area contributed by atoms with Crippen molar-refractivity contribution in [3.05, 3.63) is 276 Å². The van der Waals surface area contributed by atoms with E-state index in [0.29, 0.717) is 0 Å². The monoisotopic (exact) mass is 1240 g/mol. The Morgan fingerprint density at radius 1 is 0.324 bits per heavy atom. The van der Waals surface area contributed by atoms with Crippen LogP contribution in [0.3, 0.4) is 0 Å². The molecule has 0 atom stereocenters. The molecule has 0 amide bonds. The quantitative estimate of drug-likeness (QED) is 0.0284. The number of benzene rings is 8. The summed E-state index contributed by atoms with van der Waals surface area (Å²) in [5.41, 5.74) is 1.65. The fourth-order valence-corrected chi connectivity index (χ4v) is 10.8. The Labute approximate surface area is 420 Å². The molecule has 0 aliphatic carbocycles. The maximum atomic E-state index is 12.0. The number of rotatable bonds is 7. The van der Waals surface area contributed by atoms with Crippen molar-refractivity contribution < 1.29 is 85.4 Å². The number of hydrogen-bond acceptors (Lipinski definition) is 0. The van der Waals surface area contributed by atoms with E-state index in [0.717, 1.165) is 23.3 Å². The summed E-state index contributed by atoms with van der Waals surface area (Å²) >= 11 is 0. The van der Waals surface area contributed by atoms with Crippen molar-refractivity contribution in [2.24, 2.45) is 0 Å². The van der Waals surface area contributed by atoms with Gasteiger partial charge in [0.1, 0.15) is 0 Å². The fraction of sp³-hybridized carbons (Fsp3) is 0.0370. The van der Waals surface area contributed by atoms with Crippen molar-refractivity contribution in [1.82, 2.24) is 0 Å². The molecule has 0 nitrogen and oxygen atoms in total. The molecule has 0 heterocycles. The first-order chi connectivity index (χ1) is 31.9. The topological polar surface area (TPSA) is 0 Å². The molecule has 0 spiro atoms. The molecule has 0 fully saturated rings. The van der Waals surface area contributed by atoms with Gasteiger partial charge in [0.25, 0.3) is 0 Å². The predicted molar refractivity (Wildman–Crippen MR) is 243 cm³/mol. The molecule has 0 bridgehead atoms. The maximum Gasteiger partial charge on any atom is 2.00 e. The van der Waals surface area contributed by atoms with Crippen molar-refractivity contribution in [2.75, 3.05) is 12.3 Å². The summed E-state index contributed by atoms with van der Waals surface area (Å²) < 4.78 is 120. The summed E-state index contributed by atoms with van der Waals surface area (Å²) in [5.74, 6) is -15.5. The van der Waals surface area contributed by atoms with E-state index in [1.54, 1.807) is 0 Å². The Balaban J connectivity index is 0.000000328. The molecular formula is C54H34F10P2PdPt. The van der Waals surface area contributed by atoms with E-state index >= 15 is 0 Å². The molecule has 0 aliphatic heterocycles. The molecule has 0 saturated carbocycles. The third-order valence-electron chi connectivity index (χ3n) is 8.64. The molecule has 350 valence electrons. The van der Waals surface area contributed by atoms with Crippen LogP contribution in [0.2, 0.25) is 0 Å². The average molecular weight is 1240 g/mol. The second-order valence-electron chi connectivity index (χ2n) is 13.0. The fourth-order valence-electron chi connectivity index (χ4n) is 5.48. The average Bonchev–Trinajstić information content (AvgIpc) is 3.37. The van der Waals surface area contributed by atoms with Gasteiger partial charge >= 0.3 is 41.5 Å². The van der Waals surface area contributed by atoms with Crippen LogP contribution in [0, 0.1) is 95.0 Å². The van der Waals surface area contributed by atoms with Crippen LogP contribution in [0.15, 0.2) is 182 Å². The summed E-state index contributed by atoms with van der Waals surface area (Å²) in [4.78, 5) is 0. The van der Waals surface area contributed by atoms with E-state index in [1.165, 1.54) is 33.5 Å². The van der Waals surface area contributed by atoms with Gasteiger partial charge in [0.2, 0.25) is 0 Å². The summed E-state index contributed by atoms with van der Waals surface area (Å²) in [6, 6.07) is 65.0. The van der Waals surface area contributed by atoms with Gasteiger partial charge in [-0.25, -0.2) is 26.3 Å². The Morgan fingerprint density at radius 3 is 0.691 bits per heavy atom. The zero-order chi connectivity index (χ0) is 47.8. The molecule has 8 aromatic carbocycles. The van der Waals surface area contributed by atoms with Crippen LogP contribution in [-0.4, -0.2) is 12.3 Å². The van der Waals surface area contributed by atoms with Crippen molar-refractivity contribution in [3.8, 4) is 11.8 Å². The summed E-state index contributed by atoms with van der Waals surface area (Å²) in [6.45, 7) is 0. The van der Waals surface area contributed by atoms with Crippen molar-refractivity contribution in [1.29, 1.82) is 0 Å². The van der Waals surface area contributed by atoms with Gasteiger partial charge in [0.05, 0.1) is 58.2 Å². The van der Waals surface area contributed by atoms with Gasteiger partial charge in [-0.15, -0.1) is 47.5 Å². The third-order valence-corrected chi connectivity index (χ3v) is 14.0. The smallest absolute Gasteiger partial charge is 0.366 e. The van der Waals surface area contributed by atoms with Crippen LogP contribution < -0.4 is 21.2 Å². The largest absolute Gasteiger partial charge is 2.00 e. The van der Waals surface area contributed by atoms with Gasteiger partial charge in [-0.05, 0) is 49.4 Å². The van der Waals surface area contributed by atoms with Crippen LogP contribution >= 0.6 is 15.8 Å². The summed E-state index contributed by atoms with van der Waals surface area (Å²) in [6.07, 6.45) is 15.8. The number of hydrogen-bond donors (Lipinski definition) is 0. The first-order valence-electron chi connectivity index (χ1n) is 19.4. The SMILES string of the molecule is Fc1[c-]c(F)c(F)c(F)c1F.Fc1[c-]c(F)c(F)c(F)c1F.[C-]#Cc1ccccc1.[C-]#Cc1ccccc1.[Pd+2].[Pt+2].c1ccc(P(CCP(c2ccccc2)c2ccccc2)c2ccccc2)cc1. The van der Waals surface area contributed by atoms with E-state index < -0.39 is 58.2 Å². The molecule has 8 rings (SSSR count). The normalized spacial score (nSPS) is 9.74. The van der Waals surface area contributed by atoms with Gasteiger partial charge in [-0.1, -0.05) is 158 Å². The molecule has 0 unspecified atom stereocenters. The van der Waals surface area contributed by atoms with Gasteiger partial charge in [-0.3, -0.25) is 29.4 Å². The van der Waals surface area contributed by atoms with Crippen LogP contribution in [0.1, 0.15) is 11.1 Å². The van der Waals surface area contributed by atoms with Crippen LogP contribution in [0.4, 0.5) is 43.9 Å². The van der Waals surface area contributed by atoms with Crippen LogP contribution in [0.5, 0.6) is 0 Å². The summed E-state index contributed by atoms with van der Waals surface area (Å²) in [5, 5.41) is 5.89. The van der Waals surface area contributed by atoms with Crippen LogP contribution in [-0.2, 0) is 41.5 Å². The minimum atomic E-state index is -2.17. The number of halogens is 10. The van der Waals surface area contributed by atoms with Gasteiger partial charge in [0, 0.05) is 0 Å². The Kier molecular flexibility index (Phi) is 27.1. The minimum Gasteiger partial charge on any atom is -0.366 e. The van der Waals surface area contributed by atoms with E-state index in [-0.39, 0.29) is 57.3 Å². The molecule has 0 aromatic heterocycles. The molecule has 0 aliphatic rings. The molecule has 0 N–H and O–H groups in total. The predicted octanol–water partition coefficient (Wildman–Crippen LogP) is 12.9. The van der Waals surface area contributed by atoms with E-state index in [9.17, 15) is 43.9 Å². The van der Waals surface area contributed by atoms with E-state index in [2.05, 4.69) is 133 Å². The molecule has 8 aromatic rings. The summed E-state index contributed by atoms with van der Waals surface area (Å²) in [7, 11) is -0.696. The van der Waals surface area contributed by atoms with Gasteiger partial charge in [-0.2, -0.15) is 0 Å². The molecular weight excluding hydrogens is 1200 g/mol. The Bertz CT molecular complexity index is 2460. The molecule has 68 heavy (non-hydrogen) atoms. The maximum absolute atomic E-state index is 12.0.